The first kappa shape index (κ1) is 21.0. The third-order valence-corrected chi connectivity index (χ3v) is 4.14. The monoisotopic (exact) mass is 366 g/mol. The van der Waals surface area contributed by atoms with E-state index >= 15 is 0 Å². The fourth-order valence-corrected chi connectivity index (χ4v) is 2.63. The number of thioether (sulfide) groups is 1. The van der Waals surface area contributed by atoms with Gasteiger partial charge in [-0.15, -0.1) is 11.8 Å². The van der Waals surface area contributed by atoms with E-state index in [1.165, 1.54) is 18.7 Å². The van der Waals surface area contributed by atoms with Gasteiger partial charge in [0.2, 0.25) is 0 Å². The quantitative estimate of drug-likeness (QED) is 0.618. The number of hydrogen-bond acceptors (Lipinski definition) is 5. The molecule has 2 atom stereocenters. The molecule has 1 aromatic carbocycles. The highest BCUT2D eigenvalue weighted by atomic mass is 32.2. The lowest BCUT2D eigenvalue weighted by Crippen LogP contribution is -2.50. The molecule has 0 bridgehead atoms. The van der Waals surface area contributed by atoms with Crippen LogP contribution in [0, 0.1) is 6.92 Å². The summed E-state index contributed by atoms with van der Waals surface area (Å²) in [6.07, 6.45) is -1.06. The summed E-state index contributed by atoms with van der Waals surface area (Å²) in [5.41, 5.74) is 0.669. The minimum atomic E-state index is -1.06. The van der Waals surface area contributed by atoms with Crippen molar-refractivity contribution in [1.82, 2.24) is 10.6 Å². The van der Waals surface area contributed by atoms with E-state index in [2.05, 4.69) is 10.6 Å². The van der Waals surface area contributed by atoms with Crippen LogP contribution in [0.2, 0.25) is 0 Å². The molecule has 0 radical (unpaired) electrons. The zero-order valence-corrected chi connectivity index (χ0v) is 16.3. The predicted molar refractivity (Wildman–Crippen MR) is 98.5 cm³/mol. The maximum atomic E-state index is 12.1. The van der Waals surface area contributed by atoms with Gasteiger partial charge in [-0.2, -0.15) is 0 Å². The van der Waals surface area contributed by atoms with Crippen LogP contribution in [0.4, 0.5) is 4.79 Å². The van der Waals surface area contributed by atoms with Crippen molar-refractivity contribution in [3.8, 4) is 0 Å². The van der Waals surface area contributed by atoms with E-state index in [1.807, 2.05) is 31.2 Å². The third kappa shape index (κ3) is 8.07. The van der Waals surface area contributed by atoms with Crippen molar-refractivity contribution in [3.05, 3.63) is 29.8 Å². The van der Waals surface area contributed by atoms with E-state index in [0.29, 0.717) is 0 Å². The number of benzene rings is 1. The number of hydrogen-bond donors (Lipinski definition) is 2. The normalized spacial score (nSPS) is 13.5. The van der Waals surface area contributed by atoms with Crippen molar-refractivity contribution in [2.45, 2.75) is 63.3 Å². The Hall–Kier alpha value is -2.02. The van der Waals surface area contributed by atoms with Gasteiger partial charge in [0.15, 0.2) is 6.10 Å². The van der Waals surface area contributed by atoms with Crippen molar-refractivity contribution in [3.63, 3.8) is 0 Å². The van der Waals surface area contributed by atoms with Crippen LogP contribution in [0.15, 0.2) is 29.2 Å². The van der Waals surface area contributed by atoms with Gasteiger partial charge in [-0.3, -0.25) is 14.9 Å². The minimum Gasteiger partial charge on any atom is -0.452 e. The van der Waals surface area contributed by atoms with Crippen molar-refractivity contribution in [2.75, 3.05) is 0 Å². The summed E-state index contributed by atoms with van der Waals surface area (Å²) in [4.78, 5) is 36.7. The molecular weight excluding hydrogens is 340 g/mol. The molecule has 0 aliphatic rings. The number of amides is 3. The van der Waals surface area contributed by atoms with Gasteiger partial charge in [-0.05, 0) is 53.7 Å². The summed E-state index contributed by atoms with van der Waals surface area (Å²) >= 11 is 1.35. The van der Waals surface area contributed by atoms with Crippen LogP contribution < -0.4 is 10.6 Å². The Morgan fingerprint density at radius 3 is 2.16 bits per heavy atom. The molecule has 0 heterocycles. The van der Waals surface area contributed by atoms with E-state index in [-0.39, 0.29) is 0 Å². The molecule has 0 fully saturated rings. The average Bonchev–Trinajstić information content (AvgIpc) is 2.47. The minimum absolute atomic E-state index is 0.469. The van der Waals surface area contributed by atoms with E-state index in [0.717, 1.165) is 10.5 Å². The summed E-state index contributed by atoms with van der Waals surface area (Å²) in [6, 6.07) is 7.16. The van der Waals surface area contributed by atoms with Gasteiger partial charge in [0.25, 0.3) is 5.91 Å². The number of urea groups is 1. The van der Waals surface area contributed by atoms with Crippen molar-refractivity contribution < 1.29 is 19.1 Å². The molecule has 3 amide bonds. The molecule has 1 rings (SSSR count). The lowest BCUT2D eigenvalue weighted by atomic mass is 10.1. The Labute approximate surface area is 153 Å². The molecular formula is C18H26N2O4S. The first-order valence-electron chi connectivity index (χ1n) is 8.05. The predicted octanol–water partition coefficient (Wildman–Crippen LogP) is 3.03. The van der Waals surface area contributed by atoms with Crippen molar-refractivity contribution in [2.24, 2.45) is 0 Å². The summed E-state index contributed by atoms with van der Waals surface area (Å²) in [7, 11) is 0. The number of nitrogens with one attached hydrogen (secondary N) is 2. The topological polar surface area (TPSA) is 84.5 Å². The molecule has 0 saturated heterocycles. The maximum Gasteiger partial charge on any atom is 0.321 e. The van der Waals surface area contributed by atoms with Crippen LogP contribution in [0.5, 0.6) is 0 Å². The Morgan fingerprint density at radius 1 is 1.08 bits per heavy atom. The second-order valence-electron chi connectivity index (χ2n) is 6.85. The number of carbonyl (C=O) groups is 3. The Balaban J connectivity index is 2.50. The van der Waals surface area contributed by atoms with E-state index in [9.17, 15) is 14.4 Å². The number of aryl methyl sites for hydroxylation is 1. The van der Waals surface area contributed by atoms with Crippen LogP contribution in [-0.2, 0) is 14.3 Å². The zero-order valence-electron chi connectivity index (χ0n) is 15.5. The van der Waals surface area contributed by atoms with E-state index < -0.39 is 34.8 Å². The van der Waals surface area contributed by atoms with Gasteiger partial charge in [-0.1, -0.05) is 17.7 Å². The molecule has 0 saturated carbocycles. The molecule has 6 nitrogen and oxygen atoms in total. The average molecular weight is 366 g/mol. The molecule has 138 valence electrons. The highest BCUT2D eigenvalue weighted by molar-refractivity contribution is 8.00. The second-order valence-corrected chi connectivity index (χ2v) is 8.26. The first-order valence-corrected chi connectivity index (χ1v) is 8.93. The maximum absolute atomic E-state index is 12.1. The summed E-state index contributed by atoms with van der Waals surface area (Å²) in [5.74, 6) is -1.17. The molecule has 7 heteroatoms. The fourth-order valence-electron chi connectivity index (χ4n) is 1.78. The highest BCUT2D eigenvalue weighted by Gasteiger charge is 2.24. The second kappa shape index (κ2) is 8.89. The van der Waals surface area contributed by atoms with Crippen LogP contribution in [0.25, 0.3) is 0 Å². The van der Waals surface area contributed by atoms with Gasteiger partial charge >= 0.3 is 12.0 Å². The number of esters is 1. The summed E-state index contributed by atoms with van der Waals surface area (Å²) < 4.78 is 5.15. The smallest absolute Gasteiger partial charge is 0.321 e. The first-order chi connectivity index (χ1) is 11.5. The Bertz CT molecular complexity index is 623. The standard InChI is InChI=1S/C18H26N2O4S/c1-11-7-9-14(10-8-11)25-13(3)16(22)24-12(2)15(21)19-17(23)20-18(4,5)6/h7-10,12-13H,1-6H3,(H2,19,20,21,23)/t12-,13+/m1/s1. The van der Waals surface area contributed by atoms with Crippen molar-refractivity contribution in [1.29, 1.82) is 0 Å². The molecule has 0 aliphatic heterocycles. The van der Waals surface area contributed by atoms with Gasteiger partial charge in [-0.25, -0.2) is 4.79 Å². The highest BCUT2D eigenvalue weighted by Crippen LogP contribution is 2.24. The number of imide groups is 1. The lowest BCUT2D eigenvalue weighted by molar-refractivity contribution is -0.153. The van der Waals surface area contributed by atoms with Crippen molar-refractivity contribution >= 4 is 29.7 Å². The number of ether oxygens (including phenoxy) is 1. The molecule has 0 unspecified atom stereocenters. The third-order valence-electron chi connectivity index (χ3n) is 3.05. The SMILES string of the molecule is Cc1ccc(S[C@@H](C)C(=O)O[C@H](C)C(=O)NC(=O)NC(C)(C)C)cc1. The van der Waals surface area contributed by atoms with Gasteiger partial charge < -0.3 is 10.1 Å². The van der Waals surface area contributed by atoms with Crippen LogP contribution >= 0.6 is 11.8 Å². The largest absolute Gasteiger partial charge is 0.452 e. The number of rotatable bonds is 5. The van der Waals surface area contributed by atoms with Crippen LogP contribution in [0.1, 0.15) is 40.2 Å². The lowest BCUT2D eigenvalue weighted by Gasteiger charge is -2.21. The molecule has 0 spiro atoms. The molecule has 0 aromatic heterocycles. The molecule has 1 aromatic rings. The Kier molecular flexibility index (Phi) is 7.48. The zero-order chi connectivity index (χ0) is 19.2. The van der Waals surface area contributed by atoms with Crippen LogP contribution in [0.3, 0.4) is 0 Å². The summed E-state index contributed by atoms with van der Waals surface area (Å²) in [6.45, 7) is 10.5. The van der Waals surface area contributed by atoms with E-state index in [4.69, 9.17) is 4.74 Å². The molecule has 25 heavy (non-hydrogen) atoms. The van der Waals surface area contributed by atoms with E-state index in [1.54, 1.807) is 27.7 Å². The fraction of sp³-hybridized carbons (Fsp3) is 0.500. The van der Waals surface area contributed by atoms with Gasteiger partial charge in [0.1, 0.15) is 5.25 Å². The van der Waals surface area contributed by atoms with Gasteiger partial charge in [0.05, 0.1) is 0 Å². The van der Waals surface area contributed by atoms with Crippen LogP contribution in [-0.4, -0.2) is 34.8 Å². The summed E-state index contributed by atoms with van der Waals surface area (Å²) in [5, 5.41) is 4.30. The number of carbonyl (C=O) groups excluding carboxylic acids is 3. The van der Waals surface area contributed by atoms with Gasteiger partial charge in [0, 0.05) is 10.4 Å². The Morgan fingerprint density at radius 2 is 1.64 bits per heavy atom. The molecule has 2 N–H and O–H groups in total. The molecule has 0 aliphatic carbocycles.